The molecule has 0 saturated carbocycles. The van der Waals surface area contributed by atoms with Crippen LogP contribution in [0.3, 0.4) is 0 Å². The van der Waals surface area contributed by atoms with E-state index in [1.165, 1.54) is 0 Å². The zero-order chi connectivity index (χ0) is 7.98. The highest BCUT2D eigenvalue weighted by Gasteiger charge is 2.08. The van der Waals surface area contributed by atoms with Crippen molar-refractivity contribution in [3.05, 3.63) is 25.3 Å². The van der Waals surface area contributed by atoms with Crippen LogP contribution in [0.5, 0.6) is 0 Å². The molecule has 0 aromatic carbocycles. The maximum Gasteiger partial charge on any atom is 0.160 e. The lowest BCUT2D eigenvalue weighted by atomic mass is 10.5. The van der Waals surface area contributed by atoms with Crippen LogP contribution in [0.4, 0.5) is 0 Å². The Hall–Kier alpha value is 0.450. The molecule has 0 heterocycles. The smallest absolute Gasteiger partial charge is 0.160 e. The quantitative estimate of drug-likeness (QED) is 0.483. The molecule has 0 atom stereocenters. The summed E-state index contributed by atoms with van der Waals surface area (Å²) in [5.41, 5.74) is 0. The van der Waals surface area contributed by atoms with Crippen LogP contribution in [0.15, 0.2) is 25.3 Å². The number of rotatable bonds is 5. The van der Waals surface area contributed by atoms with E-state index in [0.717, 1.165) is 0 Å². The molecule has 0 aliphatic rings. The van der Waals surface area contributed by atoms with Crippen LogP contribution in [0.1, 0.15) is 0 Å². The Morgan fingerprint density at radius 1 is 1.20 bits per heavy atom. The Kier molecular flexibility index (Phi) is 6.46. The first kappa shape index (κ1) is 10.4. The van der Waals surface area contributed by atoms with E-state index in [1.807, 2.05) is 4.67 Å². The van der Waals surface area contributed by atoms with E-state index in [2.05, 4.69) is 13.2 Å². The number of hydrogen-bond donors (Lipinski definition) is 0. The van der Waals surface area contributed by atoms with E-state index in [9.17, 15) is 0 Å². The molecule has 0 unspecified atom stereocenters. The van der Waals surface area contributed by atoms with Gasteiger partial charge in [0.1, 0.15) is 0 Å². The Balaban J connectivity index is 3.70. The second-order valence-electron chi connectivity index (χ2n) is 1.66. The average Bonchev–Trinajstić information content (AvgIpc) is 1.87. The standard InChI is InChI=1S/C6H10Cl2NP/c1-3-5-9(6-4-2)10(7)8/h3-4H,1-2,5-6H2. The third kappa shape index (κ3) is 4.29. The van der Waals surface area contributed by atoms with Gasteiger partial charge in [-0.2, -0.15) is 0 Å². The number of hydrogen-bond acceptors (Lipinski definition) is 1. The summed E-state index contributed by atoms with van der Waals surface area (Å²) in [6.07, 6.45) is 3.53. The van der Waals surface area contributed by atoms with Gasteiger partial charge in [0.05, 0.1) is 0 Å². The van der Waals surface area contributed by atoms with Crippen molar-refractivity contribution in [2.24, 2.45) is 0 Å². The predicted molar refractivity (Wildman–Crippen MR) is 50.6 cm³/mol. The average molecular weight is 198 g/mol. The van der Waals surface area contributed by atoms with Gasteiger partial charge >= 0.3 is 0 Å². The van der Waals surface area contributed by atoms with Gasteiger partial charge in [-0.3, -0.25) is 0 Å². The SMILES string of the molecule is C=CCN(CC=C)P(Cl)Cl. The summed E-state index contributed by atoms with van der Waals surface area (Å²) in [7, 11) is 0. The molecule has 58 valence electrons. The van der Waals surface area contributed by atoms with E-state index in [-0.39, 0.29) is 0 Å². The van der Waals surface area contributed by atoms with Crippen LogP contribution < -0.4 is 0 Å². The highest BCUT2D eigenvalue weighted by Crippen LogP contribution is 2.50. The minimum atomic E-state index is -1.04. The summed E-state index contributed by atoms with van der Waals surface area (Å²) >= 11 is 11.3. The Bertz CT molecular complexity index is 106. The second kappa shape index (κ2) is 6.18. The van der Waals surface area contributed by atoms with Crippen LogP contribution in [-0.4, -0.2) is 17.8 Å². The molecule has 10 heavy (non-hydrogen) atoms. The first-order valence-electron chi connectivity index (χ1n) is 2.80. The highest BCUT2D eigenvalue weighted by atomic mass is 35.9. The zero-order valence-electron chi connectivity index (χ0n) is 5.63. The molecule has 0 aromatic rings. The minimum Gasteiger partial charge on any atom is -0.250 e. The van der Waals surface area contributed by atoms with E-state index < -0.39 is 6.78 Å². The van der Waals surface area contributed by atoms with Gasteiger partial charge in [-0.1, -0.05) is 34.6 Å². The first-order valence-corrected chi connectivity index (χ1v) is 5.91. The topological polar surface area (TPSA) is 3.24 Å². The molecule has 0 amide bonds. The molecule has 0 spiro atoms. The molecule has 0 radical (unpaired) electrons. The fourth-order valence-corrected chi connectivity index (χ4v) is 1.71. The van der Waals surface area contributed by atoms with Crippen LogP contribution in [-0.2, 0) is 0 Å². The molecule has 0 saturated heterocycles. The number of nitrogens with zero attached hydrogens (tertiary/aromatic N) is 1. The molecule has 1 nitrogen and oxygen atoms in total. The first-order chi connectivity index (χ1) is 4.72. The molecular weight excluding hydrogens is 188 g/mol. The summed E-state index contributed by atoms with van der Waals surface area (Å²) < 4.78 is 1.89. The van der Waals surface area contributed by atoms with E-state index in [4.69, 9.17) is 22.5 Å². The van der Waals surface area contributed by atoms with E-state index in [1.54, 1.807) is 12.2 Å². The summed E-state index contributed by atoms with van der Waals surface area (Å²) in [6.45, 7) is 7.55. The zero-order valence-corrected chi connectivity index (χ0v) is 8.04. The van der Waals surface area contributed by atoms with Gasteiger partial charge in [-0.25, -0.2) is 4.67 Å². The van der Waals surface area contributed by atoms with Gasteiger partial charge in [0, 0.05) is 13.1 Å². The van der Waals surface area contributed by atoms with Crippen LogP contribution >= 0.6 is 29.3 Å². The van der Waals surface area contributed by atoms with Crippen molar-refractivity contribution in [2.45, 2.75) is 0 Å². The molecule has 0 aliphatic carbocycles. The van der Waals surface area contributed by atoms with Crippen molar-refractivity contribution in [2.75, 3.05) is 13.1 Å². The third-order valence-electron chi connectivity index (χ3n) is 0.894. The molecule has 0 rings (SSSR count). The highest BCUT2D eigenvalue weighted by molar-refractivity contribution is 8.02. The summed E-state index contributed by atoms with van der Waals surface area (Å²) in [5.74, 6) is 0. The molecule has 0 aliphatic heterocycles. The molecule has 4 heteroatoms. The lowest BCUT2D eigenvalue weighted by molar-refractivity contribution is 0.573. The van der Waals surface area contributed by atoms with Crippen molar-refractivity contribution >= 4 is 29.3 Å². The van der Waals surface area contributed by atoms with Gasteiger partial charge in [-0.05, 0) is 0 Å². The summed E-state index contributed by atoms with van der Waals surface area (Å²) in [5, 5.41) is 0. The second-order valence-corrected chi connectivity index (χ2v) is 5.10. The van der Waals surface area contributed by atoms with Gasteiger partial charge in [-0.15, -0.1) is 13.2 Å². The Labute approximate surface area is 72.7 Å². The maximum atomic E-state index is 5.66. The minimum absolute atomic E-state index is 0.713. The fourth-order valence-electron chi connectivity index (χ4n) is 0.496. The lowest BCUT2D eigenvalue weighted by Crippen LogP contribution is -2.13. The summed E-state index contributed by atoms with van der Waals surface area (Å²) in [4.78, 5) is 0. The van der Waals surface area contributed by atoms with Crippen molar-refractivity contribution < 1.29 is 0 Å². The van der Waals surface area contributed by atoms with Crippen molar-refractivity contribution in [3.8, 4) is 0 Å². The van der Waals surface area contributed by atoms with E-state index >= 15 is 0 Å². The largest absolute Gasteiger partial charge is 0.250 e. The molecule has 0 aromatic heterocycles. The van der Waals surface area contributed by atoms with Crippen molar-refractivity contribution in [1.29, 1.82) is 0 Å². The summed E-state index contributed by atoms with van der Waals surface area (Å²) in [6, 6.07) is 0. The monoisotopic (exact) mass is 197 g/mol. The molecule has 0 bridgehead atoms. The Morgan fingerprint density at radius 2 is 1.60 bits per heavy atom. The van der Waals surface area contributed by atoms with Crippen LogP contribution in [0.2, 0.25) is 0 Å². The van der Waals surface area contributed by atoms with Crippen molar-refractivity contribution in [1.82, 2.24) is 4.67 Å². The van der Waals surface area contributed by atoms with Crippen LogP contribution in [0, 0.1) is 0 Å². The molecular formula is C6H10Cl2NP. The Morgan fingerprint density at radius 3 is 1.80 bits per heavy atom. The van der Waals surface area contributed by atoms with Gasteiger partial charge in [0.2, 0.25) is 0 Å². The van der Waals surface area contributed by atoms with Gasteiger partial charge in [0.25, 0.3) is 0 Å². The van der Waals surface area contributed by atoms with Crippen molar-refractivity contribution in [3.63, 3.8) is 0 Å². The van der Waals surface area contributed by atoms with Gasteiger partial charge < -0.3 is 0 Å². The molecule has 0 fully saturated rings. The van der Waals surface area contributed by atoms with E-state index in [0.29, 0.717) is 13.1 Å². The molecule has 0 N–H and O–H groups in total. The number of halogens is 2. The normalized spacial score (nSPS) is 10.4. The fraction of sp³-hybridized carbons (Fsp3) is 0.333. The lowest BCUT2D eigenvalue weighted by Gasteiger charge is -2.17. The maximum absolute atomic E-state index is 5.66. The van der Waals surface area contributed by atoms with Crippen LogP contribution in [0.25, 0.3) is 0 Å². The third-order valence-corrected chi connectivity index (χ3v) is 2.93. The predicted octanol–water partition coefficient (Wildman–Crippen LogP) is 3.36. The van der Waals surface area contributed by atoms with Gasteiger partial charge in [0.15, 0.2) is 6.78 Å².